The largest absolute Gasteiger partial charge is 1.00 e. The molecule has 1 N–H and O–H groups in total. The third-order valence-corrected chi connectivity index (χ3v) is 4.41. The van der Waals surface area contributed by atoms with Crippen molar-refractivity contribution in [3.05, 3.63) is 12.2 Å². The molecule has 0 radical (unpaired) electrons. The van der Waals surface area contributed by atoms with Crippen molar-refractivity contribution >= 4 is 33.7 Å². The van der Waals surface area contributed by atoms with E-state index in [1.54, 1.807) is 0 Å². The molecule has 1 saturated heterocycles. The van der Waals surface area contributed by atoms with Crippen molar-refractivity contribution in [3.8, 4) is 0 Å². The van der Waals surface area contributed by atoms with Gasteiger partial charge in [0.15, 0.2) is 5.25 Å². The standard InChI is InChI=1S/C12H14N2O8S.Na.H/c15-9-3-4-10(16)13(9)5-1-2-6-22-14-11(17)7-8(12(14)18)23(19,20)21;;/h3-4,8H,1-2,5-7H2,(H,19,20,21);;/q;+1;-1. The molecule has 2 heterocycles. The van der Waals surface area contributed by atoms with E-state index >= 15 is 0 Å². The van der Waals surface area contributed by atoms with E-state index in [0.717, 1.165) is 17.1 Å². The molecule has 1 fully saturated rings. The number of hydrogen-bond donors (Lipinski definition) is 1. The summed E-state index contributed by atoms with van der Waals surface area (Å²) in [4.78, 5) is 51.7. The molecule has 0 aliphatic carbocycles. The smallest absolute Gasteiger partial charge is 1.00 e. The second-order valence-electron chi connectivity index (χ2n) is 4.94. The van der Waals surface area contributed by atoms with Gasteiger partial charge in [-0.05, 0) is 12.8 Å². The molecule has 0 aromatic heterocycles. The first-order valence-electron chi connectivity index (χ1n) is 6.71. The molecular formula is C12H15N2NaO8S. The molecule has 12 heteroatoms. The fourth-order valence-electron chi connectivity index (χ4n) is 2.13. The molecule has 24 heavy (non-hydrogen) atoms. The maximum absolute atomic E-state index is 11.7. The number of hydroxylamine groups is 2. The monoisotopic (exact) mass is 370 g/mol. The summed E-state index contributed by atoms with van der Waals surface area (Å²) in [5.74, 6) is -2.80. The summed E-state index contributed by atoms with van der Waals surface area (Å²) in [5.41, 5.74) is 0. The maximum Gasteiger partial charge on any atom is 1.00 e. The Bertz CT molecular complexity index is 677. The van der Waals surface area contributed by atoms with E-state index in [-0.39, 0.29) is 44.1 Å². The number of unbranched alkanes of at least 4 members (excludes halogenated alkanes) is 1. The van der Waals surface area contributed by atoms with Crippen molar-refractivity contribution in [3.63, 3.8) is 0 Å². The maximum atomic E-state index is 11.7. The zero-order chi connectivity index (χ0) is 17.2. The van der Waals surface area contributed by atoms with E-state index in [9.17, 15) is 27.6 Å². The molecule has 0 bridgehead atoms. The van der Waals surface area contributed by atoms with Crippen LogP contribution in [0.1, 0.15) is 20.7 Å². The van der Waals surface area contributed by atoms with Crippen LogP contribution in [0.15, 0.2) is 12.2 Å². The van der Waals surface area contributed by atoms with Gasteiger partial charge < -0.3 is 1.43 Å². The molecule has 1 atom stereocenters. The van der Waals surface area contributed by atoms with Crippen molar-refractivity contribution in [2.24, 2.45) is 0 Å². The molecule has 0 aromatic rings. The van der Waals surface area contributed by atoms with Crippen LogP contribution in [-0.2, 0) is 34.1 Å². The number of carbonyl (C=O) groups is 4. The van der Waals surface area contributed by atoms with Crippen LogP contribution in [-0.4, -0.2) is 65.0 Å². The second kappa shape index (κ2) is 8.32. The molecular weight excluding hydrogens is 355 g/mol. The van der Waals surface area contributed by atoms with Gasteiger partial charge in [0, 0.05) is 18.7 Å². The van der Waals surface area contributed by atoms with Gasteiger partial charge in [-0.2, -0.15) is 13.5 Å². The summed E-state index contributed by atoms with van der Waals surface area (Å²) < 4.78 is 30.7. The van der Waals surface area contributed by atoms with Gasteiger partial charge in [-0.1, -0.05) is 0 Å². The molecule has 0 saturated carbocycles. The third-order valence-electron chi connectivity index (χ3n) is 3.32. The Labute approximate surface area is 161 Å². The fraction of sp³-hybridized carbons (Fsp3) is 0.500. The minimum absolute atomic E-state index is 0. The van der Waals surface area contributed by atoms with Gasteiger partial charge in [0.1, 0.15) is 0 Å². The Hall–Kier alpha value is -1.11. The fourth-order valence-corrected chi connectivity index (χ4v) is 2.83. The van der Waals surface area contributed by atoms with E-state index in [1.807, 2.05) is 0 Å². The van der Waals surface area contributed by atoms with Gasteiger partial charge in [-0.15, -0.1) is 0 Å². The van der Waals surface area contributed by atoms with Crippen molar-refractivity contribution in [2.45, 2.75) is 24.5 Å². The summed E-state index contributed by atoms with van der Waals surface area (Å²) in [6, 6.07) is 0. The Morgan fingerprint density at radius 2 is 1.75 bits per heavy atom. The number of imide groups is 2. The molecule has 2 aliphatic rings. The predicted molar refractivity (Wildman–Crippen MR) is 74.0 cm³/mol. The Balaban J connectivity index is 0.00000288. The molecule has 0 spiro atoms. The average Bonchev–Trinajstić information content (AvgIpc) is 2.92. The van der Waals surface area contributed by atoms with Crippen LogP contribution in [0.4, 0.5) is 0 Å². The summed E-state index contributed by atoms with van der Waals surface area (Å²) in [7, 11) is -4.66. The summed E-state index contributed by atoms with van der Waals surface area (Å²) >= 11 is 0. The zero-order valence-corrected chi connectivity index (χ0v) is 15.7. The van der Waals surface area contributed by atoms with Crippen LogP contribution in [0.2, 0.25) is 0 Å². The van der Waals surface area contributed by atoms with Crippen LogP contribution in [0.5, 0.6) is 0 Å². The number of carbonyl (C=O) groups excluding carboxylic acids is 4. The molecule has 128 valence electrons. The number of amides is 4. The van der Waals surface area contributed by atoms with E-state index in [0.29, 0.717) is 17.9 Å². The molecule has 2 aliphatic heterocycles. The second-order valence-corrected chi connectivity index (χ2v) is 6.53. The molecule has 2 rings (SSSR count). The van der Waals surface area contributed by atoms with Crippen LogP contribution in [0.3, 0.4) is 0 Å². The summed E-state index contributed by atoms with van der Waals surface area (Å²) in [5, 5.41) is -1.51. The number of nitrogens with zero attached hydrogens (tertiary/aromatic N) is 2. The summed E-state index contributed by atoms with van der Waals surface area (Å²) in [6.07, 6.45) is 2.37. The first-order chi connectivity index (χ1) is 10.7. The molecule has 4 amide bonds. The third kappa shape index (κ3) is 4.71. The minimum Gasteiger partial charge on any atom is -1.00 e. The predicted octanol–water partition coefficient (Wildman–Crippen LogP) is -4.24. The van der Waals surface area contributed by atoms with E-state index in [1.165, 1.54) is 0 Å². The first kappa shape index (κ1) is 20.9. The van der Waals surface area contributed by atoms with Gasteiger partial charge in [-0.3, -0.25) is 33.5 Å². The molecule has 10 nitrogen and oxygen atoms in total. The quantitative estimate of drug-likeness (QED) is 0.206. The Morgan fingerprint density at radius 1 is 1.17 bits per heavy atom. The number of hydrogen-bond acceptors (Lipinski definition) is 7. The Morgan fingerprint density at radius 3 is 2.25 bits per heavy atom. The molecule has 1 unspecified atom stereocenters. The van der Waals surface area contributed by atoms with Crippen LogP contribution >= 0.6 is 0 Å². The van der Waals surface area contributed by atoms with Crippen molar-refractivity contribution < 1.29 is 68.0 Å². The number of rotatable bonds is 7. The van der Waals surface area contributed by atoms with Gasteiger partial charge in [0.2, 0.25) is 0 Å². The van der Waals surface area contributed by atoms with Crippen molar-refractivity contribution in [1.29, 1.82) is 0 Å². The SMILES string of the molecule is O=C1C=CC(=O)N1CCCCON1C(=O)CC(S(=O)(=O)O)C1=O.[H-].[Na+]. The van der Waals surface area contributed by atoms with Crippen molar-refractivity contribution in [1.82, 2.24) is 9.96 Å². The Kier molecular flexibility index (Phi) is 7.25. The average molecular weight is 370 g/mol. The van der Waals surface area contributed by atoms with Gasteiger partial charge >= 0.3 is 29.6 Å². The van der Waals surface area contributed by atoms with Crippen molar-refractivity contribution in [2.75, 3.05) is 13.2 Å². The first-order valence-corrected chi connectivity index (χ1v) is 8.21. The van der Waals surface area contributed by atoms with E-state index in [4.69, 9.17) is 9.39 Å². The van der Waals surface area contributed by atoms with Gasteiger partial charge in [-0.25, -0.2) is 0 Å². The zero-order valence-electron chi connectivity index (χ0n) is 13.9. The normalized spacial score (nSPS) is 21.0. The molecule has 0 aromatic carbocycles. The topological polar surface area (TPSA) is 138 Å². The minimum atomic E-state index is -4.66. The van der Waals surface area contributed by atoms with E-state index < -0.39 is 45.4 Å². The van der Waals surface area contributed by atoms with Crippen LogP contribution in [0.25, 0.3) is 0 Å². The van der Waals surface area contributed by atoms with E-state index in [2.05, 4.69) is 0 Å². The van der Waals surface area contributed by atoms with Gasteiger partial charge in [0.25, 0.3) is 33.7 Å². The van der Waals surface area contributed by atoms with Crippen LogP contribution in [0, 0.1) is 0 Å². The summed E-state index contributed by atoms with van der Waals surface area (Å²) in [6.45, 7) is 0.0862. The van der Waals surface area contributed by atoms with Crippen LogP contribution < -0.4 is 29.6 Å². The van der Waals surface area contributed by atoms with Gasteiger partial charge in [0.05, 0.1) is 13.0 Å².